The first-order valence-corrected chi connectivity index (χ1v) is 8.26. The van der Waals surface area contributed by atoms with Gasteiger partial charge in [-0.2, -0.15) is 0 Å². The third-order valence-electron chi connectivity index (χ3n) is 4.19. The molecule has 0 N–H and O–H groups in total. The van der Waals surface area contributed by atoms with Gasteiger partial charge in [0, 0.05) is 50.8 Å². The summed E-state index contributed by atoms with van der Waals surface area (Å²) in [6.07, 6.45) is 0. The van der Waals surface area contributed by atoms with Gasteiger partial charge in [0.1, 0.15) is 10.7 Å². The average Bonchev–Trinajstić information content (AvgIpc) is 3.11. The molecular formula is C17H17N3O4S. The normalized spacial score (nSPS) is 14.4. The van der Waals surface area contributed by atoms with E-state index in [9.17, 15) is 14.9 Å². The topological polar surface area (TPSA) is 79.8 Å². The number of non-ortho nitro benzene ring substituents is 1. The number of rotatable bonds is 3. The first-order chi connectivity index (χ1) is 12.0. The summed E-state index contributed by atoms with van der Waals surface area (Å²) >= 11 is 5.50. The Bertz CT molecular complexity index is 808. The highest BCUT2D eigenvalue weighted by Crippen LogP contribution is 2.25. The van der Waals surface area contributed by atoms with Crippen LogP contribution in [0.2, 0.25) is 0 Å². The van der Waals surface area contributed by atoms with E-state index < -0.39 is 4.92 Å². The van der Waals surface area contributed by atoms with E-state index in [0.29, 0.717) is 42.7 Å². The molecule has 1 amide bonds. The van der Waals surface area contributed by atoms with Crippen LogP contribution in [-0.2, 0) is 4.79 Å². The van der Waals surface area contributed by atoms with E-state index in [2.05, 4.69) is 0 Å². The van der Waals surface area contributed by atoms with E-state index in [0.717, 1.165) is 5.56 Å². The van der Waals surface area contributed by atoms with Crippen LogP contribution in [0.15, 0.2) is 40.8 Å². The largest absolute Gasteiger partial charge is 0.454 e. The van der Waals surface area contributed by atoms with Gasteiger partial charge in [0.2, 0.25) is 5.91 Å². The molecule has 1 fully saturated rings. The van der Waals surface area contributed by atoms with E-state index in [1.165, 1.54) is 12.1 Å². The second kappa shape index (κ2) is 7.02. The van der Waals surface area contributed by atoms with Crippen LogP contribution in [0.25, 0.3) is 11.3 Å². The summed E-state index contributed by atoms with van der Waals surface area (Å²) in [4.78, 5) is 26.1. The maximum absolute atomic E-state index is 11.4. The molecule has 1 saturated heterocycles. The minimum atomic E-state index is -0.437. The molecule has 1 aliphatic heterocycles. The highest BCUT2D eigenvalue weighted by Gasteiger charge is 2.22. The van der Waals surface area contributed by atoms with Crippen LogP contribution in [0, 0.1) is 10.1 Å². The molecule has 7 nitrogen and oxygen atoms in total. The second-order valence-electron chi connectivity index (χ2n) is 5.77. The minimum absolute atomic E-state index is 0.0365. The SMILES string of the molecule is CC(=O)N1CCN(C(=S)c2ccc(-c3ccc([N+](=O)[O-])cc3)o2)CC1. The lowest BCUT2D eigenvalue weighted by atomic mass is 10.1. The molecule has 1 aromatic heterocycles. The minimum Gasteiger partial charge on any atom is -0.454 e. The summed E-state index contributed by atoms with van der Waals surface area (Å²) in [5.41, 5.74) is 0.787. The Balaban J connectivity index is 1.70. The van der Waals surface area contributed by atoms with Crippen molar-refractivity contribution >= 4 is 28.8 Å². The van der Waals surface area contributed by atoms with Crippen LogP contribution in [0.1, 0.15) is 12.7 Å². The molecule has 3 rings (SSSR count). The Morgan fingerprint density at radius 3 is 2.24 bits per heavy atom. The zero-order valence-electron chi connectivity index (χ0n) is 13.7. The lowest BCUT2D eigenvalue weighted by Gasteiger charge is -2.35. The van der Waals surface area contributed by atoms with Crippen molar-refractivity contribution in [2.75, 3.05) is 26.2 Å². The average molecular weight is 359 g/mol. The van der Waals surface area contributed by atoms with E-state index in [1.54, 1.807) is 36.1 Å². The molecule has 0 bridgehead atoms. The van der Waals surface area contributed by atoms with Gasteiger partial charge in [-0.1, -0.05) is 12.2 Å². The highest BCUT2D eigenvalue weighted by molar-refractivity contribution is 7.80. The van der Waals surface area contributed by atoms with Crippen LogP contribution in [0.4, 0.5) is 5.69 Å². The van der Waals surface area contributed by atoms with Gasteiger partial charge in [0.15, 0.2) is 5.76 Å². The van der Waals surface area contributed by atoms with Crippen molar-refractivity contribution in [3.05, 3.63) is 52.3 Å². The molecule has 1 aromatic carbocycles. The maximum Gasteiger partial charge on any atom is 0.269 e. The van der Waals surface area contributed by atoms with Crippen molar-refractivity contribution in [2.45, 2.75) is 6.92 Å². The zero-order valence-corrected chi connectivity index (χ0v) is 14.5. The number of piperazine rings is 1. The Hall–Kier alpha value is -2.74. The molecule has 0 spiro atoms. The lowest BCUT2D eigenvalue weighted by molar-refractivity contribution is -0.384. The maximum atomic E-state index is 11.4. The number of hydrogen-bond acceptors (Lipinski definition) is 5. The standard InChI is InChI=1S/C17H17N3O4S/c1-12(21)18-8-10-19(11-9-18)17(25)16-7-6-15(24-16)13-2-4-14(5-3-13)20(22)23/h2-7H,8-11H2,1H3. The molecule has 2 aromatic rings. The number of carbonyl (C=O) groups excluding carboxylic acids is 1. The number of benzene rings is 1. The molecule has 8 heteroatoms. The summed E-state index contributed by atoms with van der Waals surface area (Å²) in [7, 11) is 0. The van der Waals surface area contributed by atoms with Crippen LogP contribution >= 0.6 is 12.2 Å². The summed E-state index contributed by atoms with van der Waals surface area (Å²) < 4.78 is 5.83. The molecule has 25 heavy (non-hydrogen) atoms. The molecule has 130 valence electrons. The monoisotopic (exact) mass is 359 g/mol. The Kier molecular flexibility index (Phi) is 4.80. The van der Waals surface area contributed by atoms with Crippen LogP contribution in [0.3, 0.4) is 0 Å². The van der Waals surface area contributed by atoms with Gasteiger partial charge in [0.25, 0.3) is 5.69 Å². The lowest BCUT2D eigenvalue weighted by Crippen LogP contribution is -2.49. The van der Waals surface area contributed by atoms with E-state index in [1.807, 2.05) is 4.90 Å². The number of nitro benzene ring substituents is 1. The summed E-state index contributed by atoms with van der Waals surface area (Å²) in [5, 5.41) is 10.7. The number of nitrogens with zero attached hydrogens (tertiary/aromatic N) is 3. The van der Waals surface area contributed by atoms with Crippen molar-refractivity contribution in [3.8, 4) is 11.3 Å². The third kappa shape index (κ3) is 3.69. The molecular weight excluding hydrogens is 342 g/mol. The fourth-order valence-corrected chi connectivity index (χ4v) is 3.03. The van der Waals surface area contributed by atoms with Gasteiger partial charge in [-0.3, -0.25) is 14.9 Å². The van der Waals surface area contributed by atoms with Gasteiger partial charge < -0.3 is 14.2 Å². The quantitative estimate of drug-likeness (QED) is 0.476. The molecule has 1 aliphatic rings. The predicted octanol–water partition coefficient (Wildman–Crippen LogP) is 2.69. The Labute approximate surface area is 150 Å². The fourth-order valence-electron chi connectivity index (χ4n) is 2.74. The molecule has 0 unspecified atom stereocenters. The highest BCUT2D eigenvalue weighted by atomic mass is 32.1. The van der Waals surface area contributed by atoms with E-state index in [-0.39, 0.29) is 11.6 Å². The Morgan fingerprint density at radius 1 is 1.08 bits per heavy atom. The summed E-state index contributed by atoms with van der Waals surface area (Å²) in [6.45, 7) is 4.20. The summed E-state index contributed by atoms with van der Waals surface area (Å²) in [6, 6.07) is 9.78. The van der Waals surface area contributed by atoms with E-state index in [4.69, 9.17) is 16.6 Å². The first kappa shape index (κ1) is 17.1. The number of amides is 1. The first-order valence-electron chi connectivity index (χ1n) is 7.85. The van der Waals surface area contributed by atoms with Gasteiger partial charge in [0.05, 0.1) is 4.92 Å². The van der Waals surface area contributed by atoms with Crippen molar-refractivity contribution in [3.63, 3.8) is 0 Å². The van der Waals surface area contributed by atoms with Gasteiger partial charge in [-0.15, -0.1) is 0 Å². The molecule has 0 radical (unpaired) electrons. The smallest absolute Gasteiger partial charge is 0.269 e. The van der Waals surface area contributed by atoms with Crippen molar-refractivity contribution < 1.29 is 14.1 Å². The van der Waals surface area contributed by atoms with Crippen LogP contribution in [0.5, 0.6) is 0 Å². The molecule has 0 atom stereocenters. The molecule has 0 aliphatic carbocycles. The van der Waals surface area contributed by atoms with Gasteiger partial charge >= 0.3 is 0 Å². The van der Waals surface area contributed by atoms with Crippen molar-refractivity contribution in [2.24, 2.45) is 0 Å². The number of hydrogen-bond donors (Lipinski definition) is 0. The molecule has 0 saturated carbocycles. The fraction of sp³-hybridized carbons (Fsp3) is 0.294. The van der Waals surface area contributed by atoms with Crippen molar-refractivity contribution in [1.29, 1.82) is 0 Å². The van der Waals surface area contributed by atoms with E-state index >= 15 is 0 Å². The molecule has 2 heterocycles. The van der Waals surface area contributed by atoms with Gasteiger partial charge in [-0.05, 0) is 24.3 Å². The Morgan fingerprint density at radius 2 is 1.68 bits per heavy atom. The predicted molar refractivity (Wildman–Crippen MR) is 96.3 cm³/mol. The third-order valence-corrected chi connectivity index (χ3v) is 4.65. The number of thiocarbonyl (C=S) groups is 1. The number of furan rings is 1. The second-order valence-corrected chi connectivity index (χ2v) is 6.15. The number of nitro groups is 1. The number of carbonyl (C=O) groups is 1. The van der Waals surface area contributed by atoms with Gasteiger partial charge in [-0.25, -0.2) is 0 Å². The van der Waals surface area contributed by atoms with Crippen LogP contribution < -0.4 is 0 Å². The zero-order chi connectivity index (χ0) is 18.0. The summed E-state index contributed by atoms with van der Waals surface area (Å²) in [5.74, 6) is 1.26. The van der Waals surface area contributed by atoms with Crippen molar-refractivity contribution in [1.82, 2.24) is 9.80 Å². The van der Waals surface area contributed by atoms with Crippen LogP contribution in [-0.4, -0.2) is 51.8 Å².